The Morgan fingerprint density at radius 2 is 2.00 bits per heavy atom. The van der Waals surface area contributed by atoms with Crippen molar-refractivity contribution in [2.75, 3.05) is 52.5 Å². The molecule has 3 N–H and O–H groups in total. The molecule has 156 valence electrons. The quantitative estimate of drug-likeness (QED) is 0.259. The van der Waals surface area contributed by atoms with Gasteiger partial charge in [0.25, 0.3) is 0 Å². The number of rotatable bonds is 13. The van der Waals surface area contributed by atoms with Crippen molar-refractivity contribution in [3.8, 4) is 0 Å². The van der Waals surface area contributed by atoms with E-state index >= 15 is 0 Å². The number of aliphatic imine (C=N–C) groups is 1. The molecular formula is C21H40N4O2. The zero-order chi connectivity index (χ0) is 20.1. The molecule has 1 heterocycles. The van der Waals surface area contributed by atoms with Crippen LogP contribution in [0.4, 0.5) is 0 Å². The summed E-state index contributed by atoms with van der Waals surface area (Å²) in [6.45, 7) is 19.9. The highest BCUT2D eigenvalue weighted by Crippen LogP contribution is 2.32. The predicted molar refractivity (Wildman–Crippen MR) is 114 cm³/mol. The molecule has 0 bridgehead atoms. The van der Waals surface area contributed by atoms with E-state index in [0.717, 1.165) is 51.6 Å². The lowest BCUT2D eigenvalue weighted by Gasteiger charge is -2.33. The maximum atomic E-state index is 9.40. The van der Waals surface area contributed by atoms with E-state index in [0.29, 0.717) is 25.1 Å². The van der Waals surface area contributed by atoms with E-state index in [9.17, 15) is 5.11 Å². The third-order valence-corrected chi connectivity index (χ3v) is 5.19. The van der Waals surface area contributed by atoms with Gasteiger partial charge in [-0.15, -0.1) is 13.2 Å². The van der Waals surface area contributed by atoms with Crippen LogP contribution in [0.3, 0.4) is 0 Å². The van der Waals surface area contributed by atoms with Crippen molar-refractivity contribution >= 4 is 5.96 Å². The first kappa shape index (κ1) is 23.7. The van der Waals surface area contributed by atoms with Gasteiger partial charge in [0, 0.05) is 50.8 Å². The smallest absolute Gasteiger partial charge is 0.191 e. The van der Waals surface area contributed by atoms with Gasteiger partial charge in [-0.05, 0) is 25.7 Å². The van der Waals surface area contributed by atoms with Gasteiger partial charge in [0.05, 0.1) is 13.2 Å². The molecule has 0 aromatic heterocycles. The zero-order valence-corrected chi connectivity index (χ0v) is 17.5. The third-order valence-electron chi connectivity index (χ3n) is 5.19. The lowest BCUT2D eigenvalue weighted by Crippen LogP contribution is -2.49. The van der Waals surface area contributed by atoms with Crippen LogP contribution in [0.5, 0.6) is 0 Å². The van der Waals surface area contributed by atoms with Crippen LogP contribution in [0.25, 0.3) is 0 Å². The lowest BCUT2D eigenvalue weighted by molar-refractivity contribution is 0.131. The summed E-state index contributed by atoms with van der Waals surface area (Å²) in [5.74, 6) is 1.31. The van der Waals surface area contributed by atoms with Gasteiger partial charge in [0.1, 0.15) is 0 Å². The van der Waals surface area contributed by atoms with Crippen LogP contribution in [0.15, 0.2) is 30.3 Å². The number of guanidine groups is 1. The standard InChI is InChI=1S/C21H40N4O2/c1-6-11-25(12-7-2)19(18(4)5)15-23-20(22-8-3)24-16-21(9-13-26)10-14-27-17-21/h6-7,18-19,26H,1-2,8-17H2,3-5H3,(H2,22,23,24). The van der Waals surface area contributed by atoms with Gasteiger partial charge >= 0.3 is 0 Å². The van der Waals surface area contributed by atoms with Crippen molar-refractivity contribution in [3.05, 3.63) is 25.3 Å². The Balaban J connectivity index is 2.77. The Morgan fingerprint density at radius 1 is 1.30 bits per heavy atom. The van der Waals surface area contributed by atoms with Gasteiger partial charge in [-0.2, -0.15) is 0 Å². The van der Waals surface area contributed by atoms with Crippen LogP contribution >= 0.6 is 0 Å². The number of hydrogen-bond donors (Lipinski definition) is 3. The van der Waals surface area contributed by atoms with Crippen LogP contribution in [0.2, 0.25) is 0 Å². The average molecular weight is 381 g/mol. The van der Waals surface area contributed by atoms with Crippen molar-refractivity contribution in [3.63, 3.8) is 0 Å². The lowest BCUT2D eigenvalue weighted by atomic mass is 9.84. The number of ether oxygens (including phenoxy) is 1. The largest absolute Gasteiger partial charge is 0.396 e. The van der Waals surface area contributed by atoms with Gasteiger partial charge < -0.3 is 20.5 Å². The van der Waals surface area contributed by atoms with Crippen molar-refractivity contribution < 1.29 is 9.84 Å². The number of nitrogens with one attached hydrogen (secondary N) is 2. The third kappa shape index (κ3) is 8.03. The molecule has 2 unspecified atom stereocenters. The van der Waals surface area contributed by atoms with Gasteiger partial charge in [-0.25, -0.2) is 0 Å². The second kappa shape index (κ2) is 12.9. The van der Waals surface area contributed by atoms with E-state index in [1.165, 1.54) is 0 Å². The van der Waals surface area contributed by atoms with Gasteiger partial charge in [-0.3, -0.25) is 9.89 Å². The highest BCUT2D eigenvalue weighted by atomic mass is 16.5. The zero-order valence-electron chi connectivity index (χ0n) is 17.5. The molecule has 2 atom stereocenters. The van der Waals surface area contributed by atoms with E-state index in [1.807, 2.05) is 12.2 Å². The van der Waals surface area contributed by atoms with E-state index in [2.05, 4.69) is 49.5 Å². The Bertz CT molecular complexity index is 449. The fourth-order valence-electron chi connectivity index (χ4n) is 3.54. The molecule has 0 aromatic carbocycles. The molecule has 0 amide bonds. The minimum atomic E-state index is -0.0355. The topological polar surface area (TPSA) is 69.1 Å². The first-order valence-corrected chi connectivity index (χ1v) is 10.2. The monoisotopic (exact) mass is 380 g/mol. The fourth-order valence-corrected chi connectivity index (χ4v) is 3.54. The summed E-state index contributed by atoms with van der Waals surface area (Å²) < 4.78 is 5.57. The summed E-state index contributed by atoms with van der Waals surface area (Å²) in [7, 11) is 0. The molecule has 1 saturated heterocycles. The van der Waals surface area contributed by atoms with Crippen LogP contribution in [0, 0.1) is 11.3 Å². The summed E-state index contributed by atoms with van der Waals surface area (Å²) in [6, 6.07) is 0.353. The molecule has 0 aromatic rings. The summed E-state index contributed by atoms with van der Waals surface area (Å²) in [5.41, 5.74) is -0.0355. The molecule has 0 aliphatic carbocycles. The molecule has 1 rings (SSSR count). The molecule has 0 radical (unpaired) electrons. The molecule has 0 saturated carbocycles. The highest BCUT2D eigenvalue weighted by Gasteiger charge is 2.34. The van der Waals surface area contributed by atoms with Gasteiger partial charge in [-0.1, -0.05) is 26.0 Å². The highest BCUT2D eigenvalue weighted by molar-refractivity contribution is 5.79. The number of hydrogen-bond acceptors (Lipinski definition) is 4. The first-order valence-electron chi connectivity index (χ1n) is 10.2. The van der Waals surface area contributed by atoms with Crippen LogP contribution < -0.4 is 10.6 Å². The Morgan fingerprint density at radius 3 is 2.48 bits per heavy atom. The summed E-state index contributed by atoms with van der Waals surface area (Å²) in [6.07, 6.45) is 5.57. The molecule has 6 nitrogen and oxygen atoms in total. The average Bonchev–Trinajstić information content (AvgIpc) is 3.09. The van der Waals surface area contributed by atoms with Crippen LogP contribution in [-0.2, 0) is 4.74 Å². The number of aliphatic hydroxyl groups excluding tert-OH is 1. The molecule has 1 fully saturated rings. The molecule has 0 spiro atoms. The van der Waals surface area contributed by atoms with Crippen molar-refractivity contribution in [1.82, 2.24) is 15.5 Å². The maximum absolute atomic E-state index is 9.40. The van der Waals surface area contributed by atoms with E-state index in [-0.39, 0.29) is 12.0 Å². The van der Waals surface area contributed by atoms with E-state index < -0.39 is 0 Å². The first-order chi connectivity index (χ1) is 13.0. The van der Waals surface area contributed by atoms with Crippen molar-refractivity contribution in [1.29, 1.82) is 0 Å². The van der Waals surface area contributed by atoms with Gasteiger partial charge in [0.2, 0.25) is 0 Å². The minimum absolute atomic E-state index is 0.0355. The number of nitrogens with zero attached hydrogens (tertiary/aromatic N) is 2. The summed E-state index contributed by atoms with van der Waals surface area (Å²) in [5, 5.41) is 16.3. The second-order valence-electron chi connectivity index (χ2n) is 7.69. The minimum Gasteiger partial charge on any atom is -0.396 e. The maximum Gasteiger partial charge on any atom is 0.191 e. The Labute approximate surface area is 165 Å². The normalized spacial score (nSPS) is 21.5. The molecule has 1 aliphatic heterocycles. The molecule has 27 heavy (non-hydrogen) atoms. The SMILES string of the molecule is C=CCN(CC=C)C(CNC(=NCC1(CCO)CCOC1)NCC)C(C)C. The predicted octanol–water partition coefficient (Wildman–Crippen LogP) is 2.03. The van der Waals surface area contributed by atoms with E-state index in [4.69, 9.17) is 9.73 Å². The van der Waals surface area contributed by atoms with E-state index in [1.54, 1.807) is 0 Å². The molecule has 6 heteroatoms. The van der Waals surface area contributed by atoms with Crippen LogP contribution in [-0.4, -0.2) is 74.6 Å². The Hall–Kier alpha value is -1.37. The number of aliphatic hydroxyl groups is 1. The molecule has 1 aliphatic rings. The van der Waals surface area contributed by atoms with Crippen LogP contribution in [0.1, 0.15) is 33.6 Å². The Kier molecular flexibility index (Phi) is 11.3. The van der Waals surface area contributed by atoms with Gasteiger partial charge in [0.15, 0.2) is 5.96 Å². The second-order valence-corrected chi connectivity index (χ2v) is 7.69. The summed E-state index contributed by atoms with van der Waals surface area (Å²) >= 11 is 0. The molecular weight excluding hydrogens is 340 g/mol. The van der Waals surface area contributed by atoms with Crippen molar-refractivity contribution in [2.45, 2.75) is 39.7 Å². The summed E-state index contributed by atoms with van der Waals surface area (Å²) in [4.78, 5) is 7.19. The van der Waals surface area contributed by atoms with Crippen molar-refractivity contribution in [2.24, 2.45) is 16.3 Å². The fraction of sp³-hybridized carbons (Fsp3) is 0.762.